The SMILES string of the molecule is Cc1ccc(CCC(C)CCN)c2ccccc12. The van der Waals surface area contributed by atoms with Gasteiger partial charge >= 0.3 is 0 Å². The summed E-state index contributed by atoms with van der Waals surface area (Å²) in [5.74, 6) is 0.718. The minimum atomic E-state index is 0.718. The molecule has 96 valence electrons. The van der Waals surface area contributed by atoms with Crippen LogP contribution in [0.1, 0.15) is 30.9 Å². The fourth-order valence-corrected chi connectivity index (χ4v) is 2.56. The summed E-state index contributed by atoms with van der Waals surface area (Å²) in [6.45, 7) is 5.28. The lowest BCUT2D eigenvalue weighted by Gasteiger charge is -2.12. The van der Waals surface area contributed by atoms with E-state index in [-0.39, 0.29) is 0 Å². The fraction of sp³-hybridized carbons (Fsp3) is 0.412. The molecule has 0 spiro atoms. The minimum Gasteiger partial charge on any atom is -0.330 e. The predicted octanol–water partition coefficient (Wildman–Crippen LogP) is 4.07. The quantitative estimate of drug-likeness (QED) is 0.839. The first kappa shape index (κ1) is 13.1. The maximum Gasteiger partial charge on any atom is -0.00747 e. The molecule has 0 aliphatic heterocycles. The molecule has 0 bridgehead atoms. The van der Waals surface area contributed by atoms with Crippen LogP contribution in [0.25, 0.3) is 10.8 Å². The van der Waals surface area contributed by atoms with Crippen LogP contribution in [0.4, 0.5) is 0 Å². The van der Waals surface area contributed by atoms with Gasteiger partial charge in [0, 0.05) is 0 Å². The van der Waals surface area contributed by atoms with Crippen molar-refractivity contribution in [2.75, 3.05) is 6.54 Å². The van der Waals surface area contributed by atoms with Crippen LogP contribution >= 0.6 is 0 Å². The van der Waals surface area contributed by atoms with Crippen LogP contribution in [0.2, 0.25) is 0 Å². The van der Waals surface area contributed by atoms with Gasteiger partial charge in [-0.3, -0.25) is 0 Å². The van der Waals surface area contributed by atoms with Crippen molar-refractivity contribution in [1.29, 1.82) is 0 Å². The number of aryl methyl sites for hydroxylation is 2. The van der Waals surface area contributed by atoms with Crippen LogP contribution in [0.5, 0.6) is 0 Å². The molecule has 0 radical (unpaired) electrons. The third kappa shape index (κ3) is 2.91. The van der Waals surface area contributed by atoms with Gasteiger partial charge < -0.3 is 5.73 Å². The third-order valence-corrected chi connectivity index (χ3v) is 3.80. The number of benzene rings is 2. The van der Waals surface area contributed by atoms with Gasteiger partial charge in [-0.25, -0.2) is 0 Å². The van der Waals surface area contributed by atoms with E-state index in [0.29, 0.717) is 0 Å². The van der Waals surface area contributed by atoms with Crippen molar-refractivity contribution in [3.05, 3.63) is 47.5 Å². The summed E-state index contributed by atoms with van der Waals surface area (Å²) >= 11 is 0. The molecule has 0 aliphatic rings. The van der Waals surface area contributed by atoms with E-state index >= 15 is 0 Å². The fourth-order valence-electron chi connectivity index (χ4n) is 2.56. The van der Waals surface area contributed by atoms with Crippen molar-refractivity contribution in [3.8, 4) is 0 Å². The Bertz CT molecular complexity index is 516. The molecule has 0 saturated heterocycles. The monoisotopic (exact) mass is 241 g/mol. The van der Waals surface area contributed by atoms with Crippen LogP contribution in [0.3, 0.4) is 0 Å². The van der Waals surface area contributed by atoms with Gasteiger partial charge in [-0.1, -0.05) is 43.3 Å². The van der Waals surface area contributed by atoms with Crippen LogP contribution < -0.4 is 5.73 Å². The molecule has 0 saturated carbocycles. The molecule has 2 N–H and O–H groups in total. The van der Waals surface area contributed by atoms with Gasteiger partial charge in [0.1, 0.15) is 0 Å². The van der Waals surface area contributed by atoms with Crippen molar-refractivity contribution in [2.45, 2.75) is 33.1 Å². The Morgan fingerprint density at radius 3 is 2.44 bits per heavy atom. The zero-order valence-electron chi connectivity index (χ0n) is 11.4. The lowest BCUT2D eigenvalue weighted by molar-refractivity contribution is 0.500. The summed E-state index contributed by atoms with van der Waals surface area (Å²) in [7, 11) is 0. The second-order valence-electron chi connectivity index (χ2n) is 5.31. The van der Waals surface area contributed by atoms with Crippen molar-refractivity contribution >= 4 is 10.8 Å². The molecule has 0 heterocycles. The van der Waals surface area contributed by atoms with Gasteiger partial charge in [-0.15, -0.1) is 0 Å². The summed E-state index contributed by atoms with van der Waals surface area (Å²) in [6, 6.07) is 13.2. The average molecular weight is 241 g/mol. The van der Waals surface area contributed by atoms with Gasteiger partial charge in [0.05, 0.1) is 0 Å². The Kier molecular flexibility index (Phi) is 4.38. The van der Waals surface area contributed by atoms with Crippen molar-refractivity contribution < 1.29 is 0 Å². The molecule has 1 atom stereocenters. The summed E-state index contributed by atoms with van der Waals surface area (Å²) < 4.78 is 0. The number of rotatable bonds is 5. The first-order valence-corrected chi connectivity index (χ1v) is 6.89. The Morgan fingerprint density at radius 2 is 1.72 bits per heavy atom. The number of hydrogen-bond acceptors (Lipinski definition) is 1. The number of nitrogens with two attached hydrogens (primary N) is 1. The van der Waals surface area contributed by atoms with Crippen molar-refractivity contribution in [3.63, 3.8) is 0 Å². The molecule has 1 unspecified atom stereocenters. The van der Waals surface area contributed by atoms with Crippen molar-refractivity contribution in [2.24, 2.45) is 11.7 Å². The first-order valence-electron chi connectivity index (χ1n) is 6.89. The van der Waals surface area contributed by atoms with Gasteiger partial charge in [-0.05, 0) is 60.5 Å². The van der Waals surface area contributed by atoms with Crippen LogP contribution in [-0.2, 0) is 6.42 Å². The summed E-state index contributed by atoms with van der Waals surface area (Å²) in [4.78, 5) is 0. The van der Waals surface area contributed by atoms with Gasteiger partial charge in [0.2, 0.25) is 0 Å². The largest absolute Gasteiger partial charge is 0.330 e. The highest BCUT2D eigenvalue weighted by molar-refractivity contribution is 5.88. The van der Waals surface area contributed by atoms with Crippen LogP contribution in [-0.4, -0.2) is 6.54 Å². The molecule has 18 heavy (non-hydrogen) atoms. The molecule has 0 fully saturated rings. The van der Waals surface area contributed by atoms with Crippen molar-refractivity contribution in [1.82, 2.24) is 0 Å². The Balaban J connectivity index is 2.21. The van der Waals surface area contributed by atoms with E-state index in [9.17, 15) is 0 Å². The van der Waals surface area contributed by atoms with Gasteiger partial charge in [-0.2, -0.15) is 0 Å². The molecule has 2 aromatic carbocycles. The topological polar surface area (TPSA) is 26.0 Å². The maximum absolute atomic E-state index is 5.61. The van der Waals surface area contributed by atoms with Crippen LogP contribution in [0, 0.1) is 12.8 Å². The molecule has 2 aromatic rings. The highest BCUT2D eigenvalue weighted by atomic mass is 14.5. The average Bonchev–Trinajstić information content (AvgIpc) is 2.39. The number of hydrogen-bond donors (Lipinski definition) is 1. The Hall–Kier alpha value is -1.34. The second-order valence-corrected chi connectivity index (χ2v) is 5.31. The molecule has 2 rings (SSSR count). The number of fused-ring (bicyclic) bond motifs is 1. The standard InChI is InChI=1S/C17H23N/c1-13(11-12-18)7-9-15-10-8-14(2)16-5-3-4-6-17(15)16/h3-6,8,10,13H,7,9,11-12,18H2,1-2H3. The van der Waals surface area contributed by atoms with E-state index < -0.39 is 0 Å². The minimum absolute atomic E-state index is 0.718. The first-order chi connectivity index (χ1) is 8.72. The third-order valence-electron chi connectivity index (χ3n) is 3.80. The van der Waals surface area contributed by atoms with E-state index in [1.165, 1.54) is 28.3 Å². The molecule has 0 aromatic heterocycles. The Labute approximate surface area is 110 Å². The van der Waals surface area contributed by atoms with E-state index in [4.69, 9.17) is 5.73 Å². The lowest BCUT2D eigenvalue weighted by atomic mass is 9.93. The molecular weight excluding hydrogens is 218 g/mol. The molecule has 0 amide bonds. The normalized spacial score (nSPS) is 12.8. The molecular formula is C17H23N. The van der Waals surface area contributed by atoms with Gasteiger partial charge in [0.25, 0.3) is 0 Å². The van der Waals surface area contributed by atoms with Crippen LogP contribution in [0.15, 0.2) is 36.4 Å². The molecule has 1 nitrogen and oxygen atoms in total. The lowest BCUT2D eigenvalue weighted by Crippen LogP contribution is -2.06. The van der Waals surface area contributed by atoms with E-state index in [1.54, 1.807) is 0 Å². The van der Waals surface area contributed by atoms with E-state index in [1.807, 2.05) is 0 Å². The summed E-state index contributed by atoms with van der Waals surface area (Å²) in [6.07, 6.45) is 3.51. The second kappa shape index (κ2) is 6.01. The summed E-state index contributed by atoms with van der Waals surface area (Å²) in [5.41, 5.74) is 8.45. The maximum atomic E-state index is 5.61. The zero-order chi connectivity index (χ0) is 13.0. The van der Waals surface area contributed by atoms with Gasteiger partial charge in [0.15, 0.2) is 0 Å². The Morgan fingerprint density at radius 1 is 1.00 bits per heavy atom. The zero-order valence-corrected chi connectivity index (χ0v) is 11.4. The predicted molar refractivity (Wildman–Crippen MR) is 79.8 cm³/mol. The highest BCUT2D eigenvalue weighted by Gasteiger charge is 2.06. The molecule has 0 aliphatic carbocycles. The van der Waals surface area contributed by atoms with E-state index in [2.05, 4.69) is 50.2 Å². The smallest absolute Gasteiger partial charge is 0.00747 e. The highest BCUT2D eigenvalue weighted by Crippen LogP contribution is 2.24. The van der Waals surface area contributed by atoms with E-state index in [0.717, 1.165) is 25.3 Å². The summed E-state index contributed by atoms with van der Waals surface area (Å²) in [5, 5.41) is 2.80. The molecule has 1 heteroatoms.